The van der Waals surface area contributed by atoms with E-state index in [1.165, 1.54) is 0 Å². The lowest BCUT2D eigenvalue weighted by molar-refractivity contribution is -0.148. The maximum Gasteiger partial charge on any atom is 0.329 e. The van der Waals surface area contributed by atoms with E-state index in [-0.39, 0.29) is 18.2 Å². The quantitative estimate of drug-likeness (QED) is 0.704. The lowest BCUT2D eigenvalue weighted by atomic mass is 9.92. The van der Waals surface area contributed by atoms with Gasteiger partial charge in [0.15, 0.2) is 0 Å². The van der Waals surface area contributed by atoms with Crippen molar-refractivity contribution in [3.8, 4) is 0 Å². The molecule has 2 amide bonds. The molecule has 0 atom stereocenters. The molecule has 6 nitrogen and oxygen atoms in total. The molecule has 0 aliphatic carbocycles. The first-order valence-corrected chi connectivity index (χ1v) is 9.00. The van der Waals surface area contributed by atoms with Crippen LogP contribution in [-0.2, 0) is 14.4 Å². The fraction of sp³-hybridized carbons (Fsp3) is 0.800. The van der Waals surface area contributed by atoms with E-state index < -0.39 is 11.5 Å². The third-order valence-corrected chi connectivity index (χ3v) is 5.03. The van der Waals surface area contributed by atoms with E-state index in [0.29, 0.717) is 38.8 Å². The van der Waals surface area contributed by atoms with Crippen molar-refractivity contribution in [2.75, 3.05) is 24.6 Å². The van der Waals surface area contributed by atoms with E-state index in [2.05, 4.69) is 5.32 Å². The number of hydrogen-bond acceptors (Lipinski definition) is 4. The summed E-state index contributed by atoms with van der Waals surface area (Å²) in [4.78, 5) is 37.1. The molecule has 1 aliphatic rings. The second-order valence-corrected chi connectivity index (χ2v) is 6.69. The second kappa shape index (κ2) is 9.02. The first kappa shape index (κ1) is 18.8. The highest BCUT2D eigenvalue weighted by Gasteiger charge is 2.41. The molecule has 126 valence electrons. The van der Waals surface area contributed by atoms with Gasteiger partial charge in [0.2, 0.25) is 11.8 Å². The van der Waals surface area contributed by atoms with Gasteiger partial charge in [-0.1, -0.05) is 0 Å². The van der Waals surface area contributed by atoms with Crippen molar-refractivity contribution in [3.05, 3.63) is 0 Å². The normalized spacial score (nSPS) is 16.8. The predicted octanol–water partition coefficient (Wildman–Crippen LogP) is 1.49. The van der Waals surface area contributed by atoms with Crippen LogP contribution in [0, 0.1) is 0 Å². The predicted molar refractivity (Wildman–Crippen MR) is 86.8 cm³/mol. The molecular formula is C15H26N2O4S. The summed E-state index contributed by atoms with van der Waals surface area (Å²) in [6.07, 6.45) is 1.88. The number of thioether (sulfide) groups is 1. The van der Waals surface area contributed by atoms with Crippen LogP contribution in [-0.4, -0.2) is 57.9 Å². The molecule has 0 unspecified atom stereocenters. The van der Waals surface area contributed by atoms with Crippen molar-refractivity contribution >= 4 is 29.5 Å². The SMILES string of the molecule is CCN(CC)C(=O)CCCC(=O)NC1(C(=O)O)CCSCC1. The number of rotatable bonds is 8. The van der Waals surface area contributed by atoms with Crippen molar-refractivity contribution < 1.29 is 19.5 Å². The Kier molecular flexibility index (Phi) is 7.72. The van der Waals surface area contributed by atoms with Crippen molar-refractivity contribution in [3.63, 3.8) is 0 Å². The van der Waals surface area contributed by atoms with Crippen LogP contribution in [0.15, 0.2) is 0 Å². The van der Waals surface area contributed by atoms with Crippen LogP contribution in [0.3, 0.4) is 0 Å². The van der Waals surface area contributed by atoms with Crippen molar-refractivity contribution in [1.29, 1.82) is 0 Å². The van der Waals surface area contributed by atoms with Gasteiger partial charge in [-0.2, -0.15) is 11.8 Å². The summed E-state index contributed by atoms with van der Waals surface area (Å²) in [5.74, 6) is 0.293. The topological polar surface area (TPSA) is 86.7 Å². The van der Waals surface area contributed by atoms with Gasteiger partial charge >= 0.3 is 5.97 Å². The molecular weight excluding hydrogens is 304 g/mol. The first-order valence-electron chi connectivity index (χ1n) is 7.85. The Morgan fingerprint density at radius 2 is 1.73 bits per heavy atom. The number of nitrogens with one attached hydrogen (secondary N) is 1. The molecule has 0 radical (unpaired) electrons. The number of carboxylic acids is 1. The summed E-state index contributed by atoms with van der Waals surface area (Å²) in [7, 11) is 0. The highest BCUT2D eigenvalue weighted by Crippen LogP contribution is 2.27. The fourth-order valence-electron chi connectivity index (χ4n) is 2.58. The van der Waals surface area contributed by atoms with Gasteiger partial charge in [0.25, 0.3) is 0 Å². The molecule has 1 aliphatic heterocycles. The molecule has 0 aromatic carbocycles. The van der Waals surface area contributed by atoms with Crippen LogP contribution in [0.4, 0.5) is 0 Å². The van der Waals surface area contributed by atoms with E-state index in [1.54, 1.807) is 16.7 Å². The zero-order valence-electron chi connectivity index (χ0n) is 13.4. The zero-order chi connectivity index (χ0) is 16.6. The second-order valence-electron chi connectivity index (χ2n) is 5.47. The number of carboxylic acid groups (broad SMARTS) is 1. The molecule has 0 saturated carbocycles. The van der Waals surface area contributed by atoms with E-state index in [9.17, 15) is 19.5 Å². The smallest absolute Gasteiger partial charge is 0.329 e. The van der Waals surface area contributed by atoms with E-state index in [0.717, 1.165) is 11.5 Å². The number of amides is 2. The number of carbonyl (C=O) groups excluding carboxylic acids is 2. The molecule has 0 spiro atoms. The molecule has 0 aromatic heterocycles. The minimum Gasteiger partial charge on any atom is -0.480 e. The Morgan fingerprint density at radius 3 is 2.23 bits per heavy atom. The van der Waals surface area contributed by atoms with Gasteiger partial charge in [0.1, 0.15) is 5.54 Å². The monoisotopic (exact) mass is 330 g/mol. The third kappa shape index (κ3) is 5.19. The number of hydrogen-bond donors (Lipinski definition) is 2. The Morgan fingerprint density at radius 1 is 1.14 bits per heavy atom. The largest absolute Gasteiger partial charge is 0.480 e. The Balaban J connectivity index is 2.42. The standard InChI is InChI=1S/C15H26N2O4S/c1-3-17(4-2)13(19)7-5-6-12(18)16-15(14(20)21)8-10-22-11-9-15/h3-11H2,1-2H3,(H,16,18)(H,20,21). The summed E-state index contributed by atoms with van der Waals surface area (Å²) in [6, 6.07) is 0. The van der Waals surface area contributed by atoms with Crippen molar-refractivity contribution in [2.45, 2.75) is 51.5 Å². The molecule has 22 heavy (non-hydrogen) atoms. The van der Waals surface area contributed by atoms with Crippen LogP contribution in [0.25, 0.3) is 0 Å². The maximum atomic E-state index is 12.0. The van der Waals surface area contributed by atoms with E-state index in [1.807, 2.05) is 13.8 Å². The van der Waals surface area contributed by atoms with Gasteiger partial charge in [0, 0.05) is 25.9 Å². The molecule has 2 N–H and O–H groups in total. The first-order chi connectivity index (χ1) is 10.4. The van der Waals surface area contributed by atoms with Gasteiger partial charge in [-0.25, -0.2) is 4.79 Å². The third-order valence-electron chi connectivity index (χ3n) is 4.05. The average Bonchev–Trinajstić information content (AvgIpc) is 2.49. The van der Waals surface area contributed by atoms with Crippen LogP contribution in [0.2, 0.25) is 0 Å². The van der Waals surface area contributed by atoms with Crippen LogP contribution in [0.1, 0.15) is 46.0 Å². The van der Waals surface area contributed by atoms with Crippen molar-refractivity contribution in [2.24, 2.45) is 0 Å². The maximum absolute atomic E-state index is 12.0. The van der Waals surface area contributed by atoms with Crippen LogP contribution < -0.4 is 5.32 Å². The summed E-state index contributed by atoms with van der Waals surface area (Å²) >= 11 is 1.71. The van der Waals surface area contributed by atoms with Crippen LogP contribution in [0.5, 0.6) is 0 Å². The van der Waals surface area contributed by atoms with Gasteiger partial charge in [-0.05, 0) is 44.6 Å². The average molecular weight is 330 g/mol. The Labute approximate surface area is 136 Å². The minimum absolute atomic E-state index is 0.0415. The lowest BCUT2D eigenvalue weighted by Gasteiger charge is -2.33. The number of nitrogens with zero attached hydrogens (tertiary/aromatic N) is 1. The number of carbonyl (C=O) groups is 3. The molecule has 1 fully saturated rings. The number of aliphatic carboxylic acids is 1. The molecule has 1 heterocycles. The van der Waals surface area contributed by atoms with Gasteiger partial charge < -0.3 is 15.3 Å². The molecule has 1 rings (SSSR count). The highest BCUT2D eigenvalue weighted by atomic mass is 32.2. The Bertz CT molecular complexity index is 404. The van der Waals surface area contributed by atoms with E-state index in [4.69, 9.17) is 0 Å². The van der Waals surface area contributed by atoms with Crippen LogP contribution >= 0.6 is 11.8 Å². The molecule has 7 heteroatoms. The molecule has 0 aromatic rings. The van der Waals surface area contributed by atoms with Gasteiger partial charge in [-0.15, -0.1) is 0 Å². The van der Waals surface area contributed by atoms with Gasteiger partial charge in [0.05, 0.1) is 0 Å². The minimum atomic E-state index is -1.12. The molecule has 1 saturated heterocycles. The zero-order valence-corrected chi connectivity index (χ0v) is 14.2. The summed E-state index contributed by atoms with van der Waals surface area (Å²) in [6.45, 7) is 5.18. The van der Waals surface area contributed by atoms with E-state index >= 15 is 0 Å². The summed E-state index contributed by atoms with van der Waals surface area (Å²) < 4.78 is 0. The molecule has 0 bridgehead atoms. The fourth-order valence-corrected chi connectivity index (χ4v) is 3.77. The summed E-state index contributed by atoms with van der Waals surface area (Å²) in [5.41, 5.74) is -1.12. The summed E-state index contributed by atoms with van der Waals surface area (Å²) in [5, 5.41) is 12.1. The highest BCUT2D eigenvalue weighted by molar-refractivity contribution is 7.99. The Hall–Kier alpha value is -1.24. The van der Waals surface area contributed by atoms with Gasteiger partial charge in [-0.3, -0.25) is 9.59 Å². The lowest BCUT2D eigenvalue weighted by Crippen LogP contribution is -2.56. The van der Waals surface area contributed by atoms with Crippen molar-refractivity contribution in [1.82, 2.24) is 10.2 Å².